The molecule has 4 rings (SSSR count). The third kappa shape index (κ3) is 5.06. The van der Waals surface area contributed by atoms with E-state index in [4.69, 9.17) is 0 Å². The first kappa shape index (κ1) is 22.6. The lowest BCUT2D eigenvalue weighted by molar-refractivity contribution is -0.137. The Morgan fingerprint density at radius 2 is 1.78 bits per heavy atom. The van der Waals surface area contributed by atoms with Crippen LogP contribution in [0.4, 0.5) is 13.2 Å². The molecule has 1 aliphatic rings. The summed E-state index contributed by atoms with van der Waals surface area (Å²) in [6, 6.07) is 12.2. The largest absolute Gasteiger partial charge is 0.416 e. The van der Waals surface area contributed by atoms with Crippen molar-refractivity contribution in [1.29, 1.82) is 0 Å². The van der Waals surface area contributed by atoms with Gasteiger partial charge in [-0.1, -0.05) is 36.4 Å². The van der Waals surface area contributed by atoms with Crippen molar-refractivity contribution in [2.75, 3.05) is 31.9 Å². The number of rotatable bonds is 6. The van der Waals surface area contributed by atoms with E-state index in [1.54, 1.807) is 18.3 Å². The second-order valence-corrected chi connectivity index (χ2v) is 9.68. The maximum atomic E-state index is 12.9. The van der Waals surface area contributed by atoms with E-state index < -0.39 is 21.8 Å². The molecule has 2 heterocycles. The van der Waals surface area contributed by atoms with Gasteiger partial charge in [0, 0.05) is 44.3 Å². The summed E-state index contributed by atoms with van der Waals surface area (Å²) in [6.07, 6.45) is -0.128. The van der Waals surface area contributed by atoms with Crippen LogP contribution in [0.1, 0.15) is 16.7 Å². The molecule has 0 aliphatic carbocycles. The number of benzene rings is 2. The van der Waals surface area contributed by atoms with E-state index in [0.717, 1.165) is 55.8 Å². The number of halogens is 3. The van der Waals surface area contributed by atoms with Gasteiger partial charge in [-0.15, -0.1) is 0 Å². The van der Waals surface area contributed by atoms with E-state index in [2.05, 4.69) is 10.2 Å². The molecule has 1 fully saturated rings. The molecule has 9 heteroatoms. The minimum Gasteiger partial charge on any atom is -0.314 e. The van der Waals surface area contributed by atoms with Crippen LogP contribution in [-0.4, -0.2) is 49.2 Å². The highest BCUT2D eigenvalue weighted by molar-refractivity contribution is 7.90. The molecule has 3 aromatic rings. The van der Waals surface area contributed by atoms with Gasteiger partial charge in [-0.05, 0) is 35.4 Å². The Morgan fingerprint density at radius 3 is 2.53 bits per heavy atom. The maximum Gasteiger partial charge on any atom is 0.416 e. The summed E-state index contributed by atoms with van der Waals surface area (Å²) in [6.45, 7) is 4.50. The lowest BCUT2D eigenvalue weighted by atomic mass is 10.1. The van der Waals surface area contributed by atoms with Crippen LogP contribution in [0.3, 0.4) is 0 Å². The standard InChI is InChI=1S/C23H24F3N3O2S/c24-23(25,26)20-7-1-4-18(16-20)5-3-15-32(30,31)29-12-9-21-19(6-2-8-22(21)29)17-28-13-10-27-11-14-28/h1-9,12,16,27H,10-11,13-15,17H2. The van der Waals surface area contributed by atoms with Gasteiger partial charge in [0.15, 0.2) is 0 Å². The number of aromatic nitrogens is 1. The Labute approximate surface area is 185 Å². The minimum absolute atomic E-state index is 0.297. The predicted octanol–water partition coefficient (Wildman–Crippen LogP) is 3.96. The van der Waals surface area contributed by atoms with Crippen molar-refractivity contribution in [1.82, 2.24) is 14.2 Å². The molecular formula is C23H24F3N3O2S. The number of alkyl halides is 3. The van der Waals surface area contributed by atoms with Crippen LogP contribution in [-0.2, 0) is 22.7 Å². The molecule has 0 unspecified atom stereocenters. The van der Waals surface area contributed by atoms with E-state index in [-0.39, 0.29) is 5.75 Å². The summed E-state index contributed by atoms with van der Waals surface area (Å²) < 4.78 is 65.7. The smallest absolute Gasteiger partial charge is 0.314 e. The first-order valence-electron chi connectivity index (χ1n) is 10.3. The molecular weight excluding hydrogens is 439 g/mol. The summed E-state index contributed by atoms with van der Waals surface area (Å²) in [5.41, 5.74) is 1.20. The lowest BCUT2D eigenvalue weighted by Gasteiger charge is -2.27. The minimum atomic E-state index is -4.44. The Kier molecular flexibility index (Phi) is 6.41. The molecule has 0 radical (unpaired) electrons. The fourth-order valence-electron chi connectivity index (χ4n) is 3.90. The van der Waals surface area contributed by atoms with Gasteiger partial charge in [-0.3, -0.25) is 4.90 Å². The highest BCUT2D eigenvalue weighted by Crippen LogP contribution is 2.30. The quantitative estimate of drug-likeness (QED) is 0.602. The molecule has 0 spiro atoms. The first-order valence-corrected chi connectivity index (χ1v) is 11.9. The van der Waals surface area contributed by atoms with Crippen LogP contribution >= 0.6 is 0 Å². The molecule has 0 amide bonds. The molecule has 1 aromatic heterocycles. The summed E-state index contributed by atoms with van der Waals surface area (Å²) in [4.78, 5) is 2.33. The van der Waals surface area contributed by atoms with Crippen LogP contribution in [0.25, 0.3) is 17.0 Å². The van der Waals surface area contributed by atoms with E-state index in [1.807, 2.05) is 12.1 Å². The molecule has 170 valence electrons. The Hall–Kier alpha value is -2.62. The van der Waals surface area contributed by atoms with Crippen LogP contribution in [0.5, 0.6) is 0 Å². The van der Waals surface area contributed by atoms with E-state index >= 15 is 0 Å². The average molecular weight is 464 g/mol. The third-order valence-electron chi connectivity index (χ3n) is 5.52. The van der Waals surface area contributed by atoms with E-state index in [1.165, 1.54) is 28.3 Å². The maximum absolute atomic E-state index is 12.9. The zero-order valence-corrected chi connectivity index (χ0v) is 18.2. The van der Waals surface area contributed by atoms with Gasteiger partial charge in [0.05, 0.1) is 16.8 Å². The number of hydrogen-bond acceptors (Lipinski definition) is 4. The Morgan fingerprint density at radius 1 is 1.03 bits per heavy atom. The molecule has 1 aliphatic heterocycles. The van der Waals surface area contributed by atoms with Crippen molar-refractivity contribution in [3.63, 3.8) is 0 Å². The van der Waals surface area contributed by atoms with Gasteiger partial charge in [-0.25, -0.2) is 12.4 Å². The fraction of sp³-hybridized carbons (Fsp3) is 0.304. The second-order valence-electron chi connectivity index (χ2n) is 7.79. The van der Waals surface area contributed by atoms with Gasteiger partial charge in [-0.2, -0.15) is 13.2 Å². The van der Waals surface area contributed by atoms with Crippen LogP contribution < -0.4 is 5.32 Å². The number of nitrogens with zero attached hydrogens (tertiary/aromatic N) is 2. The monoisotopic (exact) mass is 463 g/mol. The average Bonchev–Trinajstić information content (AvgIpc) is 3.20. The molecule has 1 saturated heterocycles. The number of nitrogens with one attached hydrogen (secondary N) is 1. The van der Waals surface area contributed by atoms with Gasteiger partial charge in [0.25, 0.3) is 0 Å². The van der Waals surface area contributed by atoms with Gasteiger partial charge in [0.1, 0.15) is 0 Å². The van der Waals surface area contributed by atoms with Crippen molar-refractivity contribution in [3.8, 4) is 0 Å². The molecule has 5 nitrogen and oxygen atoms in total. The molecule has 0 atom stereocenters. The number of piperazine rings is 1. The zero-order valence-electron chi connectivity index (χ0n) is 17.3. The van der Waals surface area contributed by atoms with Gasteiger partial charge >= 0.3 is 6.18 Å². The fourth-order valence-corrected chi connectivity index (χ4v) is 5.11. The van der Waals surface area contributed by atoms with Crippen molar-refractivity contribution in [3.05, 3.63) is 77.5 Å². The number of hydrogen-bond donors (Lipinski definition) is 1. The molecule has 2 aromatic carbocycles. The van der Waals surface area contributed by atoms with Crippen LogP contribution in [0.15, 0.2) is 60.8 Å². The van der Waals surface area contributed by atoms with Gasteiger partial charge in [0.2, 0.25) is 10.0 Å². The lowest BCUT2D eigenvalue weighted by Crippen LogP contribution is -2.42. The third-order valence-corrected chi connectivity index (χ3v) is 7.05. The first-order chi connectivity index (χ1) is 15.2. The predicted molar refractivity (Wildman–Crippen MR) is 120 cm³/mol. The van der Waals surface area contributed by atoms with Crippen LogP contribution in [0, 0.1) is 0 Å². The topological polar surface area (TPSA) is 54.3 Å². The van der Waals surface area contributed by atoms with Crippen molar-refractivity contribution < 1.29 is 21.6 Å². The molecule has 0 saturated carbocycles. The Balaban J connectivity index is 1.53. The van der Waals surface area contributed by atoms with E-state index in [9.17, 15) is 21.6 Å². The second kappa shape index (κ2) is 9.09. The summed E-state index contributed by atoms with van der Waals surface area (Å²) in [5, 5.41) is 4.20. The summed E-state index contributed by atoms with van der Waals surface area (Å²) >= 11 is 0. The van der Waals surface area contributed by atoms with Crippen LogP contribution in [0.2, 0.25) is 0 Å². The molecule has 32 heavy (non-hydrogen) atoms. The summed E-state index contributed by atoms with van der Waals surface area (Å²) in [5.74, 6) is -0.324. The summed E-state index contributed by atoms with van der Waals surface area (Å²) in [7, 11) is -3.72. The SMILES string of the molecule is O=S(=O)(CC=Cc1cccc(C(F)(F)F)c1)n1ccc2c(CN3CCNCC3)cccc21. The van der Waals surface area contributed by atoms with Crippen molar-refractivity contribution in [2.24, 2.45) is 0 Å². The Bertz CT molecular complexity index is 1230. The normalized spacial score (nSPS) is 16.2. The highest BCUT2D eigenvalue weighted by atomic mass is 32.2. The number of fused-ring (bicyclic) bond motifs is 1. The molecule has 0 bridgehead atoms. The zero-order chi connectivity index (χ0) is 22.8. The van der Waals surface area contributed by atoms with Crippen molar-refractivity contribution in [2.45, 2.75) is 12.7 Å². The van der Waals surface area contributed by atoms with Gasteiger partial charge < -0.3 is 5.32 Å². The van der Waals surface area contributed by atoms with E-state index in [0.29, 0.717) is 11.1 Å². The molecule has 1 N–H and O–H groups in total. The van der Waals surface area contributed by atoms with Crippen molar-refractivity contribution >= 4 is 27.0 Å². The highest BCUT2D eigenvalue weighted by Gasteiger charge is 2.30.